The van der Waals surface area contributed by atoms with E-state index in [2.05, 4.69) is 11.6 Å². The van der Waals surface area contributed by atoms with Gasteiger partial charge in [-0.25, -0.2) is 13.1 Å². The van der Waals surface area contributed by atoms with Crippen LogP contribution in [0, 0.1) is 0 Å². The highest BCUT2D eigenvalue weighted by atomic mass is 35.5. The van der Waals surface area contributed by atoms with Gasteiger partial charge in [0.15, 0.2) is 0 Å². The first-order valence-electron chi connectivity index (χ1n) is 5.86. The van der Waals surface area contributed by atoms with Crippen molar-refractivity contribution in [2.24, 2.45) is 5.73 Å². The molecule has 6 heteroatoms. The number of hydrogen-bond acceptors (Lipinski definition) is 3. The molecule has 3 N–H and O–H groups in total. The number of halogens is 1. The molecule has 0 aliphatic heterocycles. The second-order valence-electron chi connectivity index (χ2n) is 3.82. The smallest absolute Gasteiger partial charge is 0.240 e. The van der Waals surface area contributed by atoms with Crippen molar-refractivity contribution < 1.29 is 8.42 Å². The molecule has 0 spiro atoms. The molecule has 0 atom stereocenters. The molecular formula is C12H21ClN2O2S. The van der Waals surface area contributed by atoms with Crippen molar-refractivity contribution >= 4 is 22.4 Å². The van der Waals surface area contributed by atoms with Gasteiger partial charge in [-0.15, -0.1) is 12.4 Å². The van der Waals surface area contributed by atoms with Crippen LogP contribution in [0.5, 0.6) is 0 Å². The summed E-state index contributed by atoms with van der Waals surface area (Å²) in [5.74, 6) is 0. The van der Waals surface area contributed by atoms with Crippen molar-refractivity contribution in [2.75, 3.05) is 13.1 Å². The number of nitrogens with one attached hydrogen (secondary N) is 1. The molecule has 0 amide bonds. The van der Waals surface area contributed by atoms with Gasteiger partial charge < -0.3 is 5.73 Å². The third-order valence-electron chi connectivity index (χ3n) is 2.69. The summed E-state index contributed by atoms with van der Waals surface area (Å²) in [5, 5.41) is 0. The molecule has 1 rings (SSSR count). The number of hydrogen-bond donors (Lipinski definition) is 2. The van der Waals surface area contributed by atoms with Crippen molar-refractivity contribution in [3.8, 4) is 0 Å². The quantitative estimate of drug-likeness (QED) is 0.834. The molecule has 0 unspecified atom stereocenters. The fourth-order valence-corrected chi connectivity index (χ4v) is 2.82. The summed E-state index contributed by atoms with van der Waals surface area (Å²) in [6, 6.07) is 5.28. The van der Waals surface area contributed by atoms with E-state index in [-0.39, 0.29) is 19.0 Å². The number of nitrogens with two attached hydrogens (primary N) is 1. The van der Waals surface area contributed by atoms with Crippen LogP contribution in [0.25, 0.3) is 0 Å². The van der Waals surface area contributed by atoms with Crippen molar-refractivity contribution in [3.05, 3.63) is 29.3 Å². The van der Waals surface area contributed by atoms with Crippen LogP contribution in [0.3, 0.4) is 0 Å². The second kappa shape index (κ2) is 7.74. The maximum absolute atomic E-state index is 11.9. The van der Waals surface area contributed by atoms with E-state index in [0.717, 1.165) is 18.4 Å². The first-order valence-corrected chi connectivity index (χ1v) is 7.35. The van der Waals surface area contributed by atoms with Crippen molar-refractivity contribution in [2.45, 2.75) is 31.6 Å². The van der Waals surface area contributed by atoms with Gasteiger partial charge >= 0.3 is 0 Å². The Morgan fingerprint density at radius 1 is 1.17 bits per heavy atom. The lowest BCUT2D eigenvalue weighted by Gasteiger charge is -2.10. The van der Waals surface area contributed by atoms with E-state index < -0.39 is 10.0 Å². The van der Waals surface area contributed by atoms with Crippen LogP contribution in [0.1, 0.15) is 25.0 Å². The molecule has 1 aromatic rings. The Hall–Kier alpha value is -0.620. The van der Waals surface area contributed by atoms with Gasteiger partial charge in [0.05, 0.1) is 4.90 Å². The summed E-state index contributed by atoms with van der Waals surface area (Å²) < 4.78 is 26.2. The maximum Gasteiger partial charge on any atom is 0.240 e. The zero-order chi connectivity index (χ0) is 12.9. The minimum Gasteiger partial charge on any atom is -0.329 e. The van der Waals surface area contributed by atoms with Crippen LogP contribution in [-0.4, -0.2) is 21.5 Å². The lowest BCUT2D eigenvalue weighted by Crippen LogP contribution is -2.29. The largest absolute Gasteiger partial charge is 0.329 e. The molecule has 1 aromatic carbocycles. The third-order valence-corrected chi connectivity index (χ3v) is 4.14. The monoisotopic (exact) mass is 292 g/mol. The van der Waals surface area contributed by atoms with E-state index in [9.17, 15) is 8.42 Å². The molecule has 0 aromatic heterocycles. The molecule has 0 saturated carbocycles. The van der Waals surface area contributed by atoms with Crippen molar-refractivity contribution in [3.63, 3.8) is 0 Å². The van der Waals surface area contributed by atoms with Gasteiger partial charge in [-0.1, -0.05) is 19.9 Å². The maximum atomic E-state index is 11.9. The molecule has 0 aliphatic carbocycles. The number of rotatable bonds is 6. The van der Waals surface area contributed by atoms with Gasteiger partial charge in [0.2, 0.25) is 10.0 Å². The third kappa shape index (κ3) is 4.24. The highest BCUT2D eigenvalue weighted by Gasteiger charge is 2.14. The Morgan fingerprint density at radius 3 is 2.28 bits per heavy atom. The Morgan fingerprint density at radius 2 is 1.78 bits per heavy atom. The second-order valence-corrected chi connectivity index (χ2v) is 5.59. The minimum absolute atomic E-state index is 0. The lowest BCUT2D eigenvalue weighted by molar-refractivity contribution is 0.582. The zero-order valence-corrected chi connectivity index (χ0v) is 12.4. The van der Waals surface area contributed by atoms with Crippen LogP contribution in [0.15, 0.2) is 23.1 Å². The van der Waals surface area contributed by atoms with Crippen LogP contribution in [0.2, 0.25) is 0 Å². The summed E-state index contributed by atoms with van der Waals surface area (Å²) in [6.45, 7) is 4.65. The van der Waals surface area contributed by atoms with E-state index in [1.54, 1.807) is 12.1 Å². The van der Waals surface area contributed by atoms with E-state index in [0.29, 0.717) is 11.4 Å². The minimum atomic E-state index is -3.41. The van der Waals surface area contributed by atoms with E-state index in [1.807, 2.05) is 13.0 Å². The fourth-order valence-electron chi connectivity index (χ4n) is 1.72. The Kier molecular flexibility index (Phi) is 7.47. The highest BCUT2D eigenvalue weighted by Crippen LogP contribution is 2.17. The van der Waals surface area contributed by atoms with Gasteiger partial charge in [0, 0.05) is 13.1 Å². The van der Waals surface area contributed by atoms with Crippen LogP contribution >= 0.6 is 12.4 Å². The number of aryl methyl sites for hydroxylation is 2. The molecule has 0 bridgehead atoms. The Bertz CT molecular complexity index is 475. The van der Waals surface area contributed by atoms with Crippen molar-refractivity contribution in [1.82, 2.24) is 4.72 Å². The molecule has 0 radical (unpaired) electrons. The predicted octanol–water partition coefficient (Wildman–Crippen LogP) is 1.47. The molecule has 0 heterocycles. The summed E-state index contributed by atoms with van der Waals surface area (Å²) in [4.78, 5) is 0.319. The molecule has 104 valence electrons. The van der Waals surface area contributed by atoms with Crippen LogP contribution in [-0.2, 0) is 22.9 Å². The molecule has 18 heavy (non-hydrogen) atoms. The van der Waals surface area contributed by atoms with Gasteiger partial charge in [0.1, 0.15) is 0 Å². The molecule has 0 aliphatic rings. The Labute approximate surface area is 115 Å². The molecular weight excluding hydrogens is 272 g/mol. The van der Waals surface area contributed by atoms with E-state index in [4.69, 9.17) is 5.73 Å². The summed E-state index contributed by atoms with van der Waals surface area (Å²) in [5.41, 5.74) is 7.57. The van der Waals surface area contributed by atoms with E-state index >= 15 is 0 Å². The average molecular weight is 293 g/mol. The highest BCUT2D eigenvalue weighted by molar-refractivity contribution is 7.89. The van der Waals surface area contributed by atoms with E-state index in [1.165, 1.54) is 5.56 Å². The number of sulfonamides is 1. The molecule has 4 nitrogen and oxygen atoms in total. The Balaban J connectivity index is 0.00000289. The zero-order valence-electron chi connectivity index (χ0n) is 10.8. The normalized spacial score (nSPS) is 11.1. The first-order chi connectivity index (χ1) is 8.05. The standard InChI is InChI=1S/C12H20N2O2S.ClH/c1-3-10-5-6-12(9-11(10)4-2)17(15,16)14-8-7-13;/h5-6,9,14H,3-4,7-8,13H2,1-2H3;1H. The average Bonchev–Trinajstić information content (AvgIpc) is 2.35. The van der Waals surface area contributed by atoms with Gasteiger partial charge in [0.25, 0.3) is 0 Å². The molecule has 0 fully saturated rings. The van der Waals surface area contributed by atoms with Gasteiger partial charge in [-0.05, 0) is 36.1 Å². The SMILES string of the molecule is CCc1ccc(S(=O)(=O)NCCN)cc1CC.Cl. The lowest BCUT2D eigenvalue weighted by atomic mass is 10.0. The predicted molar refractivity (Wildman–Crippen MR) is 76.7 cm³/mol. The van der Waals surface area contributed by atoms with Crippen LogP contribution < -0.4 is 10.5 Å². The first kappa shape index (κ1) is 17.4. The fraction of sp³-hybridized carbons (Fsp3) is 0.500. The van der Waals surface area contributed by atoms with Crippen LogP contribution in [0.4, 0.5) is 0 Å². The summed E-state index contributed by atoms with van der Waals surface area (Å²) >= 11 is 0. The van der Waals surface area contributed by atoms with Gasteiger partial charge in [-0.2, -0.15) is 0 Å². The number of benzene rings is 1. The van der Waals surface area contributed by atoms with Gasteiger partial charge in [-0.3, -0.25) is 0 Å². The summed E-state index contributed by atoms with van der Waals surface area (Å²) in [7, 11) is -3.41. The summed E-state index contributed by atoms with van der Waals surface area (Å²) in [6.07, 6.45) is 1.75. The topological polar surface area (TPSA) is 72.2 Å². The molecule has 0 saturated heterocycles. The van der Waals surface area contributed by atoms with Crippen molar-refractivity contribution in [1.29, 1.82) is 0 Å².